The van der Waals surface area contributed by atoms with Crippen LogP contribution in [0.2, 0.25) is 0 Å². The third kappa shape index (κ3) is 2.83. The van der Waals surface area contributed by atoms with Gasteiger partial charge in [-0.3, -0.25) is 4.98 Å². The van der Waals surface area contributed by atoms with Crippen molar-refractivity contribution in [2.75, 3.05) is 24.5 Å². The first-order chi connectivity index (χ1) is 9.84. The van der Waals surface area contributed by atoms with Gasteiger partial charge in [0.15, 0.2) is 0 Å². The summed E-state index contributed by atoms with van der Waals surface area (Å²) in [5.74, 6) is 0. The number of anilines is 1. The second kappa shape index (κ2) is 6.06. The highest BCUT2D eigenvalue weighted by molar-refractivity contribution is 5.50. The molecule has 2 aromatic rings. The topological polar surface area (TPSA) is 28.2 Å². The molecule has 0 saturated carbocycles. The van der Waals surface area contributed by atoms with Gasteiger partial charge in [-0.25, -0.2) is 0 Å². The molecule has 20 heavy (non-hydrogen) atoms. The summed E-state index contributed by atoms with van der Waals surface area (Å²) < 4.78 is 0. The van der Waals surface area contributed by atoms with Crippen LogP contribution >= 0.6 is 0 Å². The van der Waals surface area contributed by atoms with E-state index in [1.54, 1.807) is 0 Å². The predicted molar refractivity (Wildman–Crippen MR) is 83.0 cm³/mol. The molecule has 3 nitrogen and oxygen atoms in total. The summed E-state index contributed by atoms with van der Waals surface area (Å²) in [6.45, 7) is 5.24. The van der Waals surface area contributed by atoms with E-state index in [1.165, 1.54) is 11.3 Å². The number of nitrogens with zero attached hydrogens (tertiary/aromatic N) is 2. The molecule has 0 amide bonds. The Balaban J connectivity index is 1.84. The van der Waals surface area contributed by atoms with Crippen LogP contribution in [-0.2, 0) is 0 Å². The number of benzene rings is 1. The highest BCUT2D eigenvalue weighted by Crippen LogP contribution is 2.23. The van der Waals surface area contributed by atoms with Crippen LogP contribution in [0.1, 0.15) is 23.7 Å². The second-order valence-electron chi connectivity index (χ2n) is 5.32. The Kier molecular flexibility index (Phi) is 3.97. The Labute approximate surface area is 120 Å². The minimum Gasteiger partial charge on any atom is -0.368 e. The Hall–Kier alpha value is -1.87. The van der Waals surface area contributed by atoms with Crippen molar-refractivity contribution < 1.29 is 0 Å². The molecule has 2 heterocycles. The van der Waals surface area contributed by atoms with Crippen LogP contribution in [0.4, 0.5) is 5.69 Å². The average Bonchev–Trinajstić information content (AvgIpc) is 2.75. The van der Waals surface area contributed by atoms with Gasteiger partial charge in [-0.05, 0) is 37.6 Å². The summed E-state index contributed by atoms with van der Waals surface area (Å²) in [5.41, 5.74) is 3.74. The van der Waals surface area contributed by atoms with E-state index in [1.807, 2.05) is 12.3 Å². The van der Waals surface area contributed by atoms with Gasteiger partial charge < -0.3 is 10.2 Å². The van der Waals surface area contributed by atoms with Gasteiger partial charge in [-0.2, -0.15) is 0 Å². The van der Waals surface area contributed by atoms with Crippen molar-refractivity contribution in [1.29, 1.82) is 0 Å². The first-order valence-electron chi connectivity index (χ1n) is 7.29. The zero-order valence-electron chi connectivity index (χ0n) is 11.9. The van der Waals surface area contributed by atoms with E-state index >= 15 is 0 Å². The monoisotopic (exact) mass is 267 g/mol. The van der Waals surface area contributed by atoms with E-state index in [0.29, 0.717) is 6.04 Å². The van der Waals surface area contributed by atoms with Crippen LogP contribution in [0.15, 0.2) is 48.7 Å². The fourth-order valence-corrected chi connectivity index (χ4v) is 2.86. The Morgan fingerprint density at radius 3 is 2.80 bits per heavy atom. The van der Waals surface area contributed by atoms with E-state index < -0.39 is 0 Å². The van der Waals surface area contributed by atoms with Crippen LogP contribution in [0.5, 0.6) is 0 Å². The largest absolute Gasteiger partial charge is 0.368 e. The SMILES string of the molecule is Cc1ncccc1N1CCCNC(c2ccccc2)C1. The number of rotatable bonds is 2. The number of aryl methyl sites for hydroxylation is 1. The predicted octanol–water partition coefficient (Wildman–Crippen LogP) is 2.93. The van der Waals surface area contributed by atoms with Crippen molar-refractivity contribution in [1.82, 2.24) is 10.3 Å². The van der Waals surface area contributed by atoms with Crippen molar-refractivity contribution in [3.8, 4) is 0 Å². The van der Waals surface area contributed by atoms with Crippen LogP contribution in [0.3, 0.4) is 0 Å². The normalized spacial score (nSPS) is 19.6. The maximum Gasteiger partial charge on any atom is 0.0605 e. The van der Waals surface area contributed by atoms with Gasteiger partial charge in [0.25, 0.3) is 0 Å². The zero-order valence-corrected chi connectivity index (χ0v) is 11.9. The van der Waals surface area contributed by atoms with Crippen molar-refractivity contribution in [3.63, 3.8) is 0 Å². The van der Waals surface area contributed by atoms with Crippen LogP contribution in [-0.4, -0.2) is 24.6 Å². The first-order valence-corrected chi connectivity index (χ1v) is 7.29. The molecular weight excluding hydrogens is 246 g/mol. The summed E-state index contributed by atoms with van der Waals surface area (Å²) in [5, 5.41) is 3.66. The minimum absolute atomic E-state index is 0.387. The third-order valence-electron chi connectivity index (χ3n) is 3.92. The molecule has 1 fully saturated rings. The van der Waals surface area contributed by atoms with Crippen molar-refractivity contribution >= 4 is 5.69 Å². The number of aromatic nitrogens is 1. The Bertz CT molecular complexity index is 553. The smallest absolute Gasteiger partial charge is 0.0605 e. The lowest BCUT2D eigenvalue weighted by atomic mass is 10.1. The summed E-state index contributed by atoms with van der Waals surface area (Å²) in [7, 11) is 0. The molecule has 0 radical (unpaired) electrons. The van der Waals surface area contributed by atoms with E-state index in [9.17, 15) is 0 Å². The quantitative estimate of drug-likeness (QED) is 0.907. The molecule has 1 aromatic heterocycles. The first kappa shape index (κ1) is 13.1. The van der Waals surface area contributed by atoms with E-state index in [-0.39, 0.29) is 0 Å². The molecule has 1 aliphatic rings. The van der Waals surface area contributed by atoms with Gasteiger partial charge in [0.1, 0.15) is 0 Å². The zero-order chi connectivity index (χ0) is 13.8. The maximum absolute atomic E-state index is 4.42. The second-order valence-corrected chi connectivity index (χ2v) is 5.32. The molecule has 1 atom stereocenters. The van der Waals surface area contributed by atoms with Crippen LogP contribution < -0.4 is 10.2 Å². The molecule has 1 aliphatic heterocycles. The van der Waals surface area contributed by atoms with Gasteiger partial charge in [0.05, 0.1) is 11.4 Å². The highest BCUT2D eigenvalue weighted by Gasteiger charge is 2.20. The van der Waals surface area contributed by atoms with E-state index in [2.05, 4.69) is 58.5 Å². The Morgan fingerprint density at radius 1 is 1.15 bits per heavy atom. The van der Waals surface area contributed by atoms with Crippen molar-refractivity contribution in [2.24, 2.45) is 0 Å². The summed E-state index contributed by atoms with van der Waals surface area (Å²) in [4.78, 5) is 6.88. The number of hydrogen-bond acceptors (Lipinski definition) is 3. The van der Waals surface area contributed by atoms with E-state index in [4.69, 9.17) is 0 Å². The Morgan fingerprint density at radius 2 is 2.00 bits per heavy atom. The number of hydrogen-bond donors (Lipinski definition) is 1. The molecule has 1 aromatic carbocycles. The third-order valence-corrected chi connectivity index (χ3v) is 3.92. The molecule has 1 unspecified atom stereocenters. The summed E-state index contributed by atoms with van der Waals surface area (Å²) in [6, 6.07) is 15.3. The summed E-state index contributed by atoms with van der Waals surface area (Å²) >= 11 is 0. The minimum atomic E-state index is 0.387. The fraction of sp³-hybridized carbons (Fsp3) is 0.353. The molecule has 1 N–H and O–H groups in total. The van der Waals surface area contributed by atoms with Gasteiger partial charge in [-0.15, -0.1) is 0 Å². The fourth-order valence-electron chi connectivity index (χ4n) is 2.86. The van der Waals surface area contributed by atoms with E-state index in [0.717, 1.165) is 31.7 Å². The van der Waals surface area contributed by atoms with Crippen LogP contribution in [0.25, 0.3) is 0 Å². The lowest BCUT2D eigenvalue weighted by Gasteiger charge is -2.27. The standard InChI is InChI=1S/C17H21N3/c1-14-17(9-5-10-18-14)20-12-6-11-19-16(13-20)15-7-3-2-4-8-15/h2-5,7-10,16,19H,6,11-13H2,1H3. The molecule has 104 valence electrons. The molecular formula is C17H21N3. The van der Waals surface area contributed by atoms with Gasteiger partial charge >= 0.3 is 0 Å². The van der Waals surface area contributed by atoms with Gasteiger partial charge in [-0.1, -0.05) is 30.3 Å². The molecule has 0 aliphatic carbocycles. The van der Waals surface area contributed by atoms with Gasteiger partial charge in [0, 0.05) is 25.3 Å². The number of pyridine rings is 1. The van der Waals surface area contributed by atoms with Crippen molar-refractivity contribution in [2.45, 2.75) is 19.4 Å². The number of nitrogens with one attached hydrogen (secondary N) is 1. The molecule has 3 rings (SSSR count). The molecule has 1 saturated heterocycles. The lowest BCUT2D eigenvalue weighted by Crippen LogP contribution is -2.31. The molecule has 0 bridgehead atoms. The van der Waals surface area contributed by atoms with Gasteiger partial charge in [0.2, 0.25) is 0 Å². The molecule has 3 heteroatoms. The average molecular weight is 267 g/mol. The maximum atomic E-state index is 4.42. The highest BCUT2D eigenvalue weighted by atomic mass is 15.2. The van der Waals surface area contributed by atoms with Crippen molar-refractivity contribution in [3.05, 3.63) is 59.9 Å². The summed E-state index contributed by atoms with van der Waals surface area (Å²) in [6.07, 6.45) is 3.03. The van der Waals surface area contributed by atoms with Crippen LogP contribution in [0, 0.1) is 6.92 Å². The molecule has 0 spiro atoms. The lowest BCUT2D eigenvalue weighted by molar-refractivity contribution is 0.569.